The van der Waals surface area contributed by atoms with Gasteiger partial charge in [0, 0.05) is 22.3 Å². The number of carbonyl (C=O) groups is 3. The third-order valence-electron chi connectivity index (χ3n) is 7.93. The summed E-state index contributed by atoms with van der Waals surface area (Å²) in [6.45, 7) is -0.662. The molecule has 2 aromatic heterocycles. The Labute approximate surface area is 319 Å². The standard InChI is InChI=1S/C20H15F3N4O3.C19H14F3N3O2/c21-13-7-4-11(5-8-13)17-12(10-30-20(25)29)6-9-16(26-17)27(19(24)28)18-14(22)2-1-3-15(18)23;20-13-7-4-11(5-8-13)17-12(10-26)6-9-16(24-17)25(19(23)27)18-14(21)2-1-3-15(18)22/h1-9H,10H2,(H2,24,28)(H2,25,29);1-9,26H,10H2,(H2,23,27). The second-order valence-corrected chi connectivity index (χ2v) is 11.6. The van der Waals surface area contributed by atoms with Crippen molar-refractivity contribution in [1.29, 1.82) is 0 Å². The Morgan fingerprint density at radius 2 is 0.912 bits per heavy atom. The average Bonchev–Trinajstić information content (AvgIpc) is 3.17. The first-order chi connectivity index (χ1) is 27.2. The lowest BCUT2D eigenvalue weighted by Gasteiger charge is -2.22. The van der Waals surface area contributed by atoms with Gasteiger partial charge >= 0.3 is 18.2 Å². The number of carbonyl (C=O) groups excluding carboxylic acids is 3. The van der Waals surface area contributed by atoms with Crippen molar-refractivity contribution in [2.24, 2.45) is 17.2 Å². The SMILES string of the molecule is NC(=O)N(c1ccc(CO)c(-c2ccc(F)cc2)n1)c1c(F)cccc1F.NC(=O)OCc1ccc(N(C(N)=O)c2c(F)cccc2F)nc1-c1ccc(F)cc1. The third-order valence-corrected chi connectivity index (χ3v) is 7.93. The predicted molar refractivity (Wildman–Crippen MR) is 196 cm³/mol. The molecular formula is C39H29F6N7O5. The van der Waals surface area contributed by atoms with Crippen LogP contribution in [0.5, 0.6) is 0 Å². The van der Waals surface area contributed by atoms with Gasteiger partial charge in [0.1, 0.15) is 64.5 Å². The topological polar surface area (TPSA) is 191 Å². The van der Waals surface area contributed by atoms with Crippen molar-refractivity contribution in [3.63, 3.8) is 0 Å². The van der Waals surface area contributed by atoms with E-state index in [0.29, 0.717) is 32.1 Å². The molecule has 2 heterocycles. The van der Waals surface area contributed by atoms with Gasteiger partial charge in [-0.2, -0.15) is 0 Å². The smallest absolute Gasteiger partial charge is 0.404 e. The number of aliphatic hydroxyl groups excluding tert-OH is 1. The lowest BCUT2D eigenvalue weighted by Crippen LogP contribution is -2.33. The van der Waals surface area contributed by atoms with E-state index in [1.165, 1.54) is 72.8 Å². The second kappa shape index (κ2) is 17.8. The van der Waals surface area contributed by atoms with E-state index in [1.807, 2.05) is 0 Å². The summed E-state index contributed by atoms with van der Waals surface area (Å²) in [5.74, 6) is -5.36. The Balaban J connectivity index is 0.000000219. The van der Waals surface area contributed by atoms with Crippen LogP contribution in [0.3, 0.4) is 0 Å². The minimum atomic E-state index is -1.18. The Kier molecular flexibility index (Phi) is 12.7. The molecule has 0 atom stereocenters. The number of aromatic nitrogens is 2. The molecule has 292 valence electrons. The van der Waals surface area contributed by atoms with Gasteiger partial charge in [-0.15, -0.1) is 0 Å². The molecule has 4 aromatic carbocycles. The summed E-state index contributed by atoms with van der Waals surface area (Å²) >= 11 is 0. The maximum atomic E-state index is 14.3. The van der Waals surface area contributed by atoms with E-state index < -0.39 is 64.4 Å². The molecule has 0 aliphatic carbocycles. The molecule has 0 spiro atoms. The molecule has 0 aliphatic rings. The number of halogens is 6. The molecule has 0 saturated carbocycles. The Morgan fingerprint density at radius 1 is 0.544 bits per heavy atom. The fraction of sp³-hybridized carbons (Fsp3) is 0.0513. The fourth-order valence-electron chi connectivity index (χ4n) is 5.39. The number of anilines is 4. The second-order valence-electron chi connectivity index (χ2n) is 11.6. The van der Waals surface area contributed by atoms with Crippen molar-refractivity contribution in [3.8, 4) is 22.5 Å². The zero-order chi connectivity index (χ0) is 41.4. The van der Waals surface area contributed by atoms with Gasteiger partial charge in [-0.1, -0.05) is 18.2 Å². The number of urea groups is 2. The molecule has 0 radical (unpaired) electrons. The molecule has 0 unspecified atom stereocenters. The summed E-state index contributed by atoms with van der Waals surface area (Å²) in [5.41, 5.74) is 16.3. The van der Waals surface area contributed by atoms with Crippen LogP contribution >= 0.6 is 0 Å². The van der Waals surface area contributed by atoms with Gasteiger partial charge in [-0.05, 0) is 91.0 Å². The van der Waals surface area contributed by atoms with Gasteiger partial charge in [0.25, 0.3) is 0 Å². The highest BCUT2D eigenvalue weighted by Gasteiger charge is 2.26. The zero-order valence-corrected chi connectivity index (χ0v) is 29.2. The molecule has 0 fully saturated rings. The lowest BCUT2D eigenvalue weighted by atomic mass is 10.1. The number of nitrogens with zero attached hydrogens (tertiary/aromatic N) is 4. The summed E-state index contributed by atoms with van der Waals surface area (Å²) in [6, 6.07) is 19.7. The van der Waals surface area contributed by atoms with Crippen LogP contribution in [0.4, 0.5) is 63.7 Å². The number of pyridine rings is 2. The van der Waals surface area contributed by atoms with Crippen LogP contribution in [0.1, 0.15) is 11.1 Å². The van der Waals surface area contributed by atoms with E-state index in [2.05, 4.69) is 9.97 Å². The maximum Gasteiger partial charge on any atom is 0.404 e. The number of rotatable bonds is 9. The summed E-state index contributed by atoms with van der Waals surface area (Å²) < 4.78 is 88.2. The van der Waals surface area contributed by atoms with Gasteiger partial charge in [-0.25, -0.2) is 60.5 Å². The number of hydrogen-bond donors (Lipinski definition) is 4. The first kappa shape index (κ1) is 40.7. The molecule has 7 N–H and O–H groups in total. The van der Waals surface area contributed by atoms with E-state index in [-0.39, 0.29) is 36.2 Å². The number of amides is 5. The van der Waals surface area contributed by atoms with E-state index in [9.17, 15) is 45.8 Å². The lowest BCUT2D eigenvalue weighted by molar-refractivity contribution is 0.150. The summed E-state index contributed by atoms with van der Waals surface area (Å²) in [5, 5.41) is 9.54. The summed E-state index contributed by atoms with van der Waals surface area (Å²) in [7, 11) is 0. The Bertz CT molecular complexity index is 2400. The van der Waals surface area contributed by atoms with Crippen molar-refractivity contribution in [3.05, 3.63) is 155 Å². The van der Waals surface area contributed by atoms with E-state index in [1.54, 1.807) is 0 Å². The maximum absolute atomic E-state index is 14.3. The fourth-order valence-corrected chi connectivity index (χ4v) is 5.39. The van der Waals surface area contributed by atoms with Crippen LogP contribution < -0.4 is 27.0 Å². The summed E-state index contributed by atoms with van der Waals surface area (Å²) in [4.78, 5) is 44.6. The number of ether oxygens (including phenoxy) is 1. The number of nitrogens with two attached hydrogens (primary N) is 3. The molecule has 6 rings (SSSR count). The van der Waals surface area contributed by atoms with Crippen molar-refractivity contribution in [2.45, 2.75) is 13.2 Å². The molecule has 12 nitrogen and oxygen atoms in total. The van der Waals surface area contributed by atoms with Crippen molar-refractivity contribution in [2.75, 3.05) is 9.80 Å². The minimum Gasteiger partial charge on any atom is -0.445 e. The predicted octanol–water partition coefficient (Wildman–Crippen LogP) is 7.85. The monoisotopic (exact) mass is 789 g/mol. The van der Waals surface area contributed by atoms with E-state index in [0.717, 1.165) is 36.4 Å². The summed E-state index contributed by atoms with van der Waals surface area (Å²) in [6.07, 6.45) is -1.03. The highest BCUT2D eigenvalue weighted by atomic mass is 19.2. The molecule has 6 aromatic rings. The number of hydrogen-bond acceptors (Lipinski definition) is 7. The normalized spacial score (nSPS) is 10.6. The van der Waals surface area contributed by atoms with Gasteiger partial charge < -0.3 is 27.0 Å². The van der Waals surface area contributed by atoms with Crippen LogP contribution in [0.25, 0.3) is 22.5 Å². The third kappa shape index (κ3) is 9.43. The van der Waals surface area contributed by atoms with E-state index >= 15 is 0 Å². The van der Waals surface area contributed by atoms with Crippen molar-refractivity contribution >= 4 is 41.2 Å². The van der Waals surface area contributed by atoms with Crippen molar-refractivity contribution < 1.29 is 50.6 Å². The molecule has 0 saturated heterocycles. The van der Waals surface area contributed by atoms with Crippen LogP contribution in [0.2, 0.25) is 0 Å². The first-order valence-corrected chi connectivity index (χ1v) is 16.3. The Morgan fingerprint density at radius 3 is 1.26 bits per heavy atom. The molecule has 5 amide bonds. The van der Waals surface area contributed by atoms with Crippen LogP contribution in [-0.2, 0) is 18.0 Å². The molecule has 0 bridgehead atoms. The zero-order valence-electron chi connectivity index (χ0n) is 29.2. The van der Waals surface area contributed by atoms with Crippen molar-refractivity contribution in [1.82, 2.24) is 9.97 Å². The van der Waals surface area contributed by atoms with Gasteiger partial charge in [0.2, 0.25) is 0 Å². The minimum absolute atomic E-state index is 0.150. The van der Waals surface area contributed by atoms with E-state index in [4.69, 9.17) is 21.9 Å². The highest BCUT2D eigenvalue weighted by molar-refractivity contribution is 5.99. The number of aliphatic hydroxyl groups is 1. The molecule has 18 heteroatoms. The average molecular weight is 790 g/mol. The molecule has 0 aliphatic heterocycles. The number of primary amides is 3. The Hall–Kier alpha value is -7.47. The van der Waals surface area contributed by atoms with Gasteiger partial charge in [-0.3, -0.25) is 0 Å². The first-order valence-electron chi connectivity index (χ1n) is 16.3. The van der Waals surface area contributed by atoms with Gasteiger partial charge in [0.15, 0.2) is 0 Å². The number of para-hydroxylation sites is 2. The molecule has 57 heavy (non-hydrogen) atoms. The largest absolute Gasteiger partial charge is 0.445 e. The van der Waals surface area contributed by atoms with Crippen LogP contribution in [-0.4, -0.2) is 33.2 Å². The molecular weight excluding hydrogens is 760 g/mol. The van der Waals surface area contributed by atoms with Gasteiger partial charge in [0.05, 0.1) is 18.0 Å². The quantitative estimate of drug-likeness (QED) is 0.107. The number of benzene rings is 4. The van der Waals surface area contributed by atoms with Crippen LogP contribution in [0.15, 0.2) is 109 Å². The van der Waals surface area contributed by atoms with Crippen LogP contribution in [0, 0.1) is 34.9 Å². The highest BCUT2D eigenvalue weighted by Crippen LogP contribution is 2.34.